The van der Waals surface area contributed by atoms with Crippen LogP contribution in [0.1, 0.15) is 176 Å². The van der Waals surface area contributed by atoms with Gasteiger partial charge in [-0.25, -0.2) is 0 Å². The van der Waals surface area contributed by atoms with Gasteiger partial charge < -0.3 is 50.5 Å². The number of carbonyl (C=O) groups is 3. The number of para-hydroxylation sites is 2. The van der Waals surface area contributed by atoms with Crippen molar-refractivity contribution in [1.29, 1.82) is 5.39 Å². The number of nitrogens with two attached hydrogens (primary N) is 1. The van der Waals surface area contributed by atoms with Gasteiger partial charge in [-0.3, -0.25) is 14.4 Å². The molecule has 0 bridgehead atoms. The second kappa shape index (κ2) is 87.7. The number of aryl methyl sites for hydroxylation is 1. The first kappa shape index (κ1) is 109. The number of anilines is 1. The van der Waals surface area contributed by atoms with E-state index in [2.05, 4.69) is 16.0 Å². The summed E-state index contributed by atoms with van der Waals surface area (Å²) in [5.41, 5.74) is 9.90. The molecule has 1 saturated carbocycles. The van der Waals surface area contributed by atoms with E-state index in [9.17, 15) is 14.4 Å². The summed E-state index contributed by atoms with van der Waals surface area (Å²) in [6.45, 7) is 32.0. The van der Waals surface area contributed by atoms with E-state index in [1.54, 1.807) is 12.1 Å². The molecule has 6 rings (SSSR count). The molecule has 2 aliphatic carbocycles. The van der Waals surface area contributed by atoms with E-state index in [4.69, 9.17) is 16.2 Å². The van der Waals surface area contributed by atoms with E-state index in [1.807, 2.05) is 178 Å². The summed E-state index contributed by atoms with van der Waals surface area (Å²) in [4.78, 5) is 38.4. The van der Waals surface area contributed by atoms with Crippen molar-refractivity contribution in [2.24, 2.45) is 5.92 Å². The van der Waals surface area contributed by atoms with Crippen LogP contribution in [0.25, 0.3) is 15.9 Å². The molecule has 0 saturated heterocycles. The SMILES string of the molecule is C.C.C.CC.CC.CC.CC.CC.CC.CC.CC.N#[N+]c1ccccc1.Nc1ccccc1.O=C(O)C1CCCC1=O.O=C1CCc2c1[nH]c1ccccc21.[CH3-].[CH3-].[CH3-].[Cl-].[HH].[Y].[Y].[Y]. The Morgan fingerprint density at radius 2 is 1.00 bits per heavy atom. The largest absolute Gasteiger partial charge is 1.00 e. The molecular formula is C51H100ClN4O4Y3-3. The molecule has 3 aromatic carbocycles. The summed E-state index contributed by atoms with van der Waals surface area (Å²) >= 11 is 0. The number of benzene rings is 3. The van der Waals surface area contributed by atoms with Gasteiger partial charge in [0.15, 0.2) is 10.8 Å². The number of nitrogens with zero attached hydrogens (tertiary/aromatic N) is 2. The monoisotopic (exact) mass is 1130 g/mol. The van der Waals surface area contributed by atoms with Gasteiger partial charge in [-0.1, -0.05) is 188 Å². The molecule has 1 aromatic heterocycles. The number of carboxylic acid groups (broad SMARTS) is 1. The minimum absolute atomic E-state index is 0. The molecule has 2 aliphatic rings. The van der Waals surface area contributed by atoms with Crippen molar-refractivity contribution < 1.29 is 131 Å². The number of aromatic amines is 1. The van der Waals surface area contributed by atoms with Gasteiger partial charge in [0.1, 0.15) is 11.7 Å². The second-order valence-electron chi connectivity index (χ2n) is 8.54. The number of fused-ring (bicyclic) bond motifs is 3. The van der Waals surface area contributed by atoms with Crippen LogP contribution in [0.4, 0.5) is 11.4 Å². The quantitative estimate of drug-likeness (QED) is 0.0750. The summed E-state index contributed by atoms with van der Waals surface area (Å²) in [7, 11) is 0. The topological polar surface area (TPSA) is 141 Å². The Balaban J connectivity index is -0.0000000267. The van der Waals surface area contributed by atoms with Crippen LogP contribution in [0.15, 0.2) is 84.9 Å². The van der Waals surface area contributed by atoms with Gasteiger partial charge in [-0.2, -0.15) is 0 Å². The number of carboxylic acids is 1. The molecule has 12 heteroatoms. The zero-order valence-corrected chi connectivity index (χ0v) is 50.7. The molecule has 3 radical (unpaired) electrons. The summed E-state index contributed by atoms with van der Waals surface area (Å²) in [5.74, 6) is -1.50. The summed E-state index contributed by atoms with van der Waals surface area (Å²) in [5, 5.41) is 17.7. The standard InChI is InChI=1S/C11H9NO.C6H5N2.C6H7N.C6H8O3.8C2H6.3CH4.3CH3.ClH.3Y.H2/c13-10-6-5-8-7-3-1-2-4-9(7)12-11(8)10;7-8-6-4-2-1-3-5-6;7-6-4-2-1-3-5-6;7-5-3-1-2-4(5)6(8)9;8*1-2;;;;;;;;;;;/h1-4,12H,5-6H2;1-5H;1-5H,7H2;4H,1-3H2,(H,8,9);8*1-2H3;3*1H4;3*1H3;1H;;;;1H/q;+1;;;;;;;;;;;;;;3*-1;;;;;/p-1. The molecule has 1 atom stereocenters. The van der Waals surface area contributed by atoms with Crippen molar-refractivity contribution in [1.82, 2.24) is 4.98 Å². The third kappa shape index (κ3) is 53.3. The van der Waals surface area contributed by atoms with Crippen LogP contribution in [-0.4, -0.2) is 27.6 Å². The number of aliphatic carboxylic acids is 1. The molecule has 1 unspecified atom stereocenters. The molecule has 8 nitrogen and oxygen atoms in total. The molecule has 0 amide bonds. The number of halogens is 1. The molecule has 367 valence electrons. The summed E-state index contributed by atoms with van der Waals surface area (Å²) in [6.07, 6.45) is 3.31. The molecule has 4 aromatic rings. The number of H-pyrrole nitrogens is 1. The van der Waals surface area contributed by atoms with Crippen molar-refractivity contribution in [2.45, 2.75) is 165 Å². The molecule has 1 heterocycles. The Kier molecular flexibility index (Phi) is 152. The van der Waals surface area contributed by atoms with Crippen LogP contribution in [0.2, 0.25) is 0 Å². The number of rotatable bonds is 1. The molecule has 1 fully saturated rings. The fourth-order valence-electron chi connectivity index (χ4n) is 4.09. The molecule has 0 aliphatic heterocycles. The van der Waals surface area contributed by atoms with Gasteiger partial charge in [-0.05, 0) is 43.0 Å². The van der Waals surface area contributed by atoms with Gasteiger partial charge in [0.25, 0.3) is 0 Å². The third-order valence-corrected chi connectivity index (χ3v) is 5.97. The number of carbonyl (C=O) groups excluding carboxylic acids is 2. The number of Topliss-reactive ketones (excluding diaryl/α,β-unsaturated/α-hetero) is 2. The number of hydrogen-bond donors (Lipinski definition) is 3. The zero-order chi connectivity index (χ0) is 42.6. The van der Waals surface area contributed by atoms with Crippen molar-refractivity contribution >= 4 is 39.8 Å². The van der Waals surface area contributed by atoms with Crippen LogP contribution < -0.4 is 18.1 Å². The van der Waals surface area contributed by atoms with E-state index in [0.29, 0.717) is 24.9 Å². The molecule has 63 heavy (non-hydrogen) atoms. The molecule has 0 spiro atoms. The van der Waals surface area contributed by atoms with Crippen LogP contribution in [0.5, 0.6) is 0 Å². The van der Waals surface area contributed by atoms with Crippen molar-refractivity contribution in [2.75, 3.05) is 5.73 Å². The second-order valence-corrected chi connectivity index (χ2v) is 8.54. The minimum atomic E-state index is -0.961. The average molecular weight is 1140 g/mol. The fraction of sp³-hybridized carbons (Fsp3) is 0.490. The number of nitrogen functional groups attached to an aromatic ring is 1. The maximum atomic E-state index is 11.4. The Labute approximate surface area is 476 Å². The average Bonchev–Trinajstić information content (AvgIpc) is 3.98. The smallest absolute Gasteiger partial charge is 0.385 e. The fourth-order valence-corrected chi connectivity index (χ4v) is 4.09. The number of ketones is 2. The van der Waals surface area contributed by atoms with Crippen LogP contribution in [-0.2, 0) is 114 Å². The Hall–Kier alpha value is -1.17. The van der Waals surface area contributed by atoms with E-state index in [0.717, 1.165) is 29.7 Å². The van der Waals surface area contributed by atoms with Gasteiger partial charge >= 0.3 is 11.7 Å². The summed E-state index contributed by atoms with van der Waals surface area (Å²) in [6, 6.07) is 26.5. The molecular weight excluding hydrogens is 1030 g/mol. The first-order valence-electron chi connectivity index (χ1n) is 20.0. The van der Waals surface area contributed by atoms with Gasteiger partial charge in [0.05, 0.1) is 5.69 Å². The van der Waals surface area contributed by atoms with E-state index >= 15 is 0 Å². The van der Waals surface area contributed by atoms with Crippen molar-refractivity contribution in [3.8, 4) is 0 Å². The Morgan fingerprint density at radius 1 is 0.635 bits per heavy atom. The first-order valence-corrected chi connectivity index (χ1v) is 20.0. The van der Waals surface area contributed by atoms with Gasteiger partial charge in [-0.15, -0.1) is 0 Å². The Morgan fingerprint density at radius 3 is 1.29 bits per heavy atom. The number of hydrogen-bond acceptors (Lipinski definition) is 5. The predicted octanol–water partition coefficient (Wildman–Crippen LogP) is 14.9. The van der Waals surface area contributed by atoms with Gasteiger partial charge in [0.2, 0.25) is 5.39 Å². The summed E-state index contributed by atoms with van der Waals surface area (Å²) < 4.78 is 0. The number of aromatic nitrogens is 1. The minimum Gasteiger partial charge on any atom is -1.00 e. The van der Waals surface area contributed by atoms with Crippen molar-refractivity contribution in [3.63, 3.8) is 0 Å². The van der Waals surface area contributed by atoms with Crippen LogP contribution in [0, 0.1) is 33.6 Å². The van der Waals surface area contributed by atoms with E-state index < -0.39 is 11.9 Å². The maximum absolute atomic E-state index is 11.4. The maximum Gasteiger partial charge on any atom is 0.385 e. The molecule has 4 N–H and O–H groups in total. The normalized spacial score (nSPS) is 9.67. The van der Waals surface area contributed by atoms with Crippen LogP contribution >= 0.6 is 0 Å². The van der Waals surface area contributed by atoms with Crippen molar-refractivity contribution in [3.05, 3.63) is 123 Å². The predicted molar refractivity (Wildman–Crippen MR) is 275 cm³/mol. The van der Waals surface area contributed by atoms with E-state index in [-0.39, 0.29) is 168 Å². The van der Waals surface area contributed by atoms with Crippen LogP contribution in [0.3, 0.4) is 0 Å². The Bertz CT molecular complexity index is 1430. The number of diazo groups is 1. The third-order valence-electron chi connectivity index (χ3n) is 5.97. The zero-order valence-electron chi connectivity index (χ0n) is 41.4. The first-order chi connectivity index (χ1) is 25.9. The van der Waals surface area contributed by atoms with Gasteiger partial charge in [0, 0.05) is 141 Å². The van der Waals surface area contributed by atoms with E-state index in [1.165, 1.54) is 10.9 Å². The number of nitrogens with one attached hydrogen (secondary N) is 1.